The summed E-state index contributed by atoms with van der Waals surface area (Å²) < 4.78 is 91.5. The van der Waals surface area contributed by atoms with E-state index in [1.165, 1.54) is 38.3 Å². The van der Waals surface area contributed by atoms with Crippen LogP contribution < -0.4 is 9.64 Å². The zero-order valence-corrected chi connectivity index (χ0v) is 48.1. The van der Waals surface area contributed by atoms with Gasteiger partial charge in [0.25, 0.3) is 11.5 Å². The smallest absolute Gasteiger partial charge is 0.417 e. The minimum Gasteiger partial charge on any atom is -0.744 e. The molecule has 432 valence electrons. The topological polar surface area (TPSA) is 269 Å². The van der Waals surface area contributed by atoms with Crippen molar-refractivity contribution in [3.8, 4) is 5.75 Å². The number of nitrogens with zero attached hydrogens (tertiary/aromatic N) is 4. The van der Waals surface area contributed by atoms with Crippen molar-refractivity contribution >= 4 is 83.1 Å². The highest BCUT2D eigenvalue weighted by Crippen LogP contribution is 2.69. The third-order valence-electron chi connectivity index (χ3n) is 18.8. The minimum atomic E-state index is -4.74. The number of aliphatic hydroxyl groups is 1. The number of rotatable bonds is 10. The lowest BCUT2D eigenvalue weighted by Crippen LogP contribution is -2.81. The number of hydrogen-bond acceptors (Lipinski definition) is 18. The van der Waals surface area contributed by atoms with E-state index in [1.807, 2.05) is 50.1 Å². The highest BCUT2D eigenvalue weighted by Gasteiger charge is 2.84. The number of amides is 2. The number of carbonyl (C=O) groups is 4. The summed E-state index contributed by atoms with van der Waals surface area (Å²) in [5.74, 6) is -1.29. The summed E-state index contributed by atoms with van der Waals surface area (Å²) in [6.07, 6.45) is 5.22. The zero-order chi connectivity index (χ0) is 58.0. The Morgan fingerprint density at radius 1 is 0.889 bits per heavy atom. The van der Waals surface area contributed by atoms with Crippen molar-refractivity contribution in [3.05, 3.63) is 107 Å². The van der Waals surface area contributed by atoms with E-state index in [0.717, 1.165) is 50.4 Å². The van der Waals surface area contributed by atoms with Crippen LogP contribution in [0.3, 0.4) is 0 Å². The fourth-order valence-corrected chi connectivity index (χ4v) is 17.5. The number of alkyl halides is 1. The molecule has 2 bridgehead atoms. The molecule has 1 aromatic heterocycles. The largest absolute Gasteiger partial charge is 0.744 e. The first kappa shape index (κ1) is 56.7. The van der Waals surface area contributed by atoms with Gasteiger partial charge in [0, 0.05) is 114 Å². The summed E-state index contributed by atoms with van der Waals surface area (Å²) >= 11 is 6.24. The highest BCUT2D eigenvalue weighted by molar-refractivity contribution is 7.86. The Kier molecular flexibility index (Phi) is 14.1. The maximum atomic E-state index is 15.5. The van der Waals surface area contributed by atoms with E-state index in [9.17, 15) is 40.6 Å². The van der Waals surface area contributed by atoms with Gasteiger partial charge in [-0.15, -0.1) is 11.6 Å². The second-order valence-electron chi connectivity index (χ2n) is 22.7. The molecule has 5 aromatic rings. The van der Waals surface area contributed by atoms with Crippen LogP contribution in [0.25, 0.3) is 21.7 Å². The lowest BCUT2D eigenvalue weighted by molar-refractivity contribution is -0.210. The number of methoxy groups -OCH3 is 2. The van der Waals surface area contributed by atoms with Crippen LogP contribution in [0.2, 0.25) is 0 Å². The number of anilines is 1. The van der Waals surface area contributed by atoms with Crippen molar-refractivity contribution < 1.29 is 69.2 Å². The van der Waals surface area contributed by atoms with E-state index >= 15 is 9.59 Å². The summed E-state index contributed by atoms with van der Waals surface area (Å²) in [6.45, 7) is 8.54. The Morgan fingerprint density at radius 2 is 1.57 bits per heavy atom. The Labute approximate surface area is 474 Å². The van der Waals surface area contributed by atoms with Gasteiger partial charge in [-0.05, 0) is 86.4 Å². The summed E-state index contributed by atoms with van der Waals surface area (Å²) in [5, 5.41) is 12.9. The van der Waals surface area contributed by atoms with Crippen LogP contribution in [-0.2, 0) is 66.1 Å². The number of halogens is 1. The maximum Gasteiger partial charge on any atom is 0.417 e. The molecule has 2 spiro atoms. The average molecular weight is 1170 g/mol. The van der Waals surface area contributed by atoms with E-state index in [-0.39, 0.29) is 35.2 Å². The average Bonchev–Trinajstić information content (AvgIpc) is 2.93. The number of hydrogen-bond donors (Lipinski definition) is 2. The van der Waals surface area contributed by atoms with Crippen molar-refractivity contribution in [1.82, 2.24) is 19.7 Å². The second-order valence-corrected chi connectivity index (χ2v) is 25.8. The SMILES string of the molecule is CC[C@]1(O)CC2CN(CCc3c([nH]c4ccccc34)[C@@](C(=O)OC)(c3cc4c(cc3OC)N(C)[C@H]3[C@]5(OC(=O)N(CCCl)C5=O)[C@H](OC(C)=O)[C@]5(CC)C=CCN6CC[C@]43[C@@H]65)C2)C1.O=S(=O)([O-])c1cccc2c(S(=O)(=O)[O-])cccc12. The number of carbonyl (C=O) groups excluding carboxylic acids is 4. The van der Waals surface area contributed by atoms with Crippen LogP contribution in [-0.4, -0.2) is 170 Å². The van der Waals surface area contributed by atoms with E-state index in [0.29, 0.717) is 82.6 Å². The number of esters is 2. The van der Waals surface area contributed by atoms with E-state index in [1.54, 1.807) is 7.11 Å². The second kappa shape index (κ2) is 20.1. The van der Waals surface area contributed by atoms with E-state index in [2.05, 4.69) is 39.1 Å². The molecule has 2 amide bonds. The molecular formula is C58H64ClN5O15S2-2. The first-order valence-corrected chi connectivity index (χ1v) is 30.5. The Hall–Kier alpha value is -6.11. The van der Waals surface area contributed by atoms with Crippen LogP contribution in [0.5, 0.6) is 5.75 Å². The van der Waals surface area contributed by atoms with Crippen LogP contribution in [0, 0.1) is 11.3 Å². The van der Waals surface area contributed by atoms with Gasteiger partial charge in [-0.1, -0.05) is 68.5 Å². The molecule has 23 heteroatoms. The number of aromatic nitrogens is 1. The van der Waals surface area contributed by atoms with Gasteiger partial charge in [-0.3, -0.25) is 24.2 Å². The third-order valence-corrected chi connectivity index (χ3v) is 20.8. The van der Waals surface area contributed by atoms with Gasteiger partial charge in [-0.25, -0.2) is 26.5 Å². The predicted octanol–water partition coefficient (Wildman–Crippen LogP) is 5.69. The first-order chi connectivity index (χ1) is 38.4. The molecule has 7 aliphatic rings. The Balaban J connectivity index is 0.000000326. The normalized spacial score (nSPS) is 31.3. The number of fused-ring (bicyclic) bond motifs is 8. The van der Waals surface area contributed by atoms with Crippen molar-refractivity contribution in [2.75, 3.05) is 71.3 Å². The predicted molar refractivity (Wildman–Crippen MR) is 295 cm³/mol. The van der Waals surface area contributed by atoms with Crippen molar-refractivity contribution in [2.45, 2.75) is 109 Å². The summed E-state index contributed by atoms with van der Waals surface area (Å²) in [5.41, 5.74) is -1.32. The number of benzene rings is 4. The molecular weight excluding hydrogens is 1110 g/mol. The standard InChI is InChI=1S/C48H58ClN5O9.C10H8O6S2/c1-7-44(59)24-29-25-47(42(57)61-6,37-31(14-19-52(26-29)27-44)30-12-9-10-13-34(30)50-37)33-22-32-35(23-36(33)60-5)51(4)39-46(32)16-20-53-18-11-15-45(8-2,38(46)53)40(62-28(3)55)48(39)41(56)54(21-17-49)43(58)63-48;11-17(12,13)9-5-1-3-7-8(9)4-2-6-10(7)18(14,15)16/h9-13,15,22-23,29,38-40,50,59H,7-8,14,16-21,24-27H2,1-6H3;1-6H,(H,11,12,13)(H,14,15,16)/p-2/t29?,38-,39+,40+,44-,45+,46+,47-,48-;/m0./s1. The van der Waals surface area contributed by atoms with Gasteiger partial charge in [0.05, 0.1) is 35.7 Å². The van der Waals surface area contributed by atoms with Gasteiger partial charge >= 0.3 is 18.0 Å². The number of ether oxygens (including phenoxy) is 4. The maximum absolute atomic E-state index is 15.5. The summed E-state index contributed by atoms with van der Waals surface area (Å²) in [7, 11) is -4.53. The van der Waals surface area contributed by atoms with Gasteiger partial charge in [0.2, 0.25) is 0 Å². The van der Waals surface area contributed by atoms with Crippen LogP contribution in [0.1, 0.15) is 75.3 Å². The van der Waals surface area contributed by atoms with Gasteiger partial charge in [-0.2, -0.15) is 0 Å². The number of aromatic amines is 1. The monoisotopic (exact) mass is 1170 g/mol. The lowest BCUT2D eigenvalue weighted by atomic mass is 9.47. The molecule has 2 N–H and O–H groups in total. The van der Waals surface area contributed by atoms with E-state index in [4.69, 9.17) is 30.5 Å². The highest BCUT2D eigenvalue weighted by atomic mass is 35.5. The quantitative estimate of drug-likeness (QED) is 0.0559. The molecule has 7 heterocycles. The summed E-state index contributed by atoms with van der Waals surface area (Å²) in [6, 6.07) is 18.2. The third kappa shape index (κ3) is 8.35. The molecule has 6 aliphatic heterocycles. The van der Waals surface area contributed by atoms with Gasteiger partial charge in [0.15, 0.2) is 6.10 Å². The Morgan fingerprint density at radius 3 is 2.19 bits per heavy atom. The van der Waals surface area contributed by atoms with Gasteiger partial charge < -0.3 is 43.0 Å². The molecule has 20 nitrogen and oxygen atoms in total. The first-order valence-electron chi connectivity index (χ1n) is 27.2. The minimum absolute atomic E-state index is 0.00340. The Bertz CT molecular complexity index is 3640. The molecule has 12 rings (SSSR count). The molecule has 1 saturated carbocycles. The number of likely N-dealkylation sites (N-methyl/N-ethyl adjacent to an activating group) is 1. The van der Waals surface area contributed by atoms with Crippen LogP contribution >= 0.6 is 11.6 Å². The number of para-hydroxylation sites is 1. The van der Waals surface area contributed by atoms with Crippen molar-refractivity contribution in [1.29, 1.82) is 0 Å². The molecule has 81 heavy (non-hydrogen) atoms. The fraction of sp³-hybridized carbons (Fsp3) is 0.483. The number of imide groups is 1. The van der Waals surface area contributed by atoms with E-state index < -0.39 is 93.6 Å². The van der Waals surface area contributed by atoms with Crippen molar-refractivity contribution in [2.24, 2.45) is 11.3 Å². The molecule has 1 aliphatic carbocycles. The fourth-order valence-electron chi connectivity index (χ4n) is 15.9. The lowest BCUT2D eigenvalue weighted by Gasteiger charge is -2.63. The molecule has 10 atom stereocenters. The summed E-state index contributed by atoms with van der Waals surface area (Å²) in [4.78, 5) is 68.8. The molecule has 4 aromatic carbocycles. The van der Waals surface area contributed by atoms with Gasteiger partial charge in [0.1, 0.15) is 31.4 Å². The zero-order valence-electron chi connectivity index (χ0n) is 45.7. The number of H-pyrrole nitrogens is 1. The number of piperidine rings is 1. The van der Waals surface area contributed by atoms with Crippen LogP contribution in [0.4, 0.5) is 10.5 Å². The molecule has 3 saturated heterocycles. The molecule has 0 radical (unpaired) electrons. The molecule has 4 fully saturated rings. The molecule has 2 unspecified atom stereocenters. The van der Waals surface area contributed by atoms with Crippen molar-refractivity contribution in [3.63, 3.8) is 0 Å². The number of nitrogens with one attached hydrogen (secondary N) is 1. The van der Waals surface area contributed by atoms with Crippen LogP contribution in [0.15, 0.2) is 94.7 Å².